The maximum Gasteiger partial charge on any atom is 0.270 e. The highest BCUT2D eigenvalue weighted by Gasteiger charge is 2.27. The van der Waals surface area contributed by atoms with Crippen LogP contribution in [0, 0.1) is 11.8 Å². The first-order chi connectivity index (χ1) is 15.4. The van der Waals surface area contributed by atoms with Crippen LogP contribution in [0.5, 0.6) is 5.75 Å². The van der Waals surface area contributed by atoms with E-state index in [-0.39, 0.29) is 17.9 Å². The van der Waals surface area contributed by atoms with Crippen molar-refractivity contribution in [2.75, 3.05) is 20.2 Å². The first-order valence-electron chi connectivity index (χ1n) is 11.2. The molecule has 4 rings (SSSR count). The fourth-order valence-corrected chi connectivity index (χ4v) is 5.34. The number of H-pyrrole nitrogens is 1. The molecule has 0 aliphatic carbocycles. The molecule has 0 saturated carbocycles. The number of hydrogen-bond acceptors (Lipinski definition) is 4. The first-order valence-corrected chi connectivity index (χ1v) is 12.1. The number of likely N-dealkylation sites (tertiary alicyclic amines) is 1. The fraction of sp³-hybridized carbons (Fsp3) is 0.440. The largest absolute Gasteiger partial charge is 0.497 e. The van der Waals surface area contributed by atoms with Crippen LogP contribution in [0.1, 0.15) is 54.5 Å². The van der Waals surface area contributed by atoms with Crippen molar-refractivity contribution < 1.29 is 14.3 Å². The second-order valence-corrected chi connectivity index (χ2v) is 9.86. The van der Waals surface area contributed by atoms with Crippen molar-refractivity contribution in [3.8, 4) is 5.75 Å². The van der Waals surface area contributed by atoms with Gasteiger partial charge in [0.2, 0.25) is 5.91 Å². The number of thiophene rings is 1. The Morgan fingerprint density at radius 2 is 2.00 bits per heavy atom. The molecule has 2 aromatic heterocycles. The van der Waals surface area contributed by atoms with E-state index in [1.165, 1.54) is 4.88 Å². The first kappa shape index (κ1) is 22.4. The number of aromatic amines is 1. The van der Waals surface area contributed by atoms with Gasteiger partial charge in [0.25, 0.3) is 5.91 Å². The number of benzene rings is 1. The van der Waals surface area contributed by atoms with Crippen LogP contribution in [0.2, 0.25) is 0 Å². The Morgan fingerprint density at radius 3 is 2.66 bits per heavy atom. The molecule has 1 aliphatic rings. The van der Waals surface area contributed by atoms with E-state index in [4.69, 9.17) is 4.74 Å². The van der Waals surface area contributed by atoms with Crippen LogP contribution in [-0.4, -0.2) is 41.9 Å². The average Bonchev–Trinajstić information content (AvgIpc) is 3.46. The maximum atomic E-state index is 13.0. The van der Waals surface area contributed by atoms with Gasteiger partial charge in [-0.3, -0.25) is 9.59 Å². The zero-order valence-electron chi connectivity index (χ0n) is 18.9. The molecular weight excluding hydrogens is 422 g/mol. The Labute approximate surface area is 193 Å². The Morgan fingerprint density at radius 1 is 1.22 bits per heavy atom. The molecule has 0 unspecified atom stereocenters. The number of carbonyl (C=O) groups is 2. The third kappa shape index (κ3) is 4.99. The summed E-state index contributed by atoms with van der Waals surface area (Å²) in [6.07, 6.45) is 2.21. The van der Waals surface area contributed by atoms with Gasteiger partial charge in [0.15, 0.2) is 0 Å². The molecule has 6 nitrogen and oxygen atoms in total. The molecule has 7 heteroatoms. The van der Waals surface area contributed by atoms with Crippen LogP contribution in [0.3, 0.4) is 0 Å². The van der Waals surface area contributed by atoms with Crippen molar-refractivity contribution >= 4 is 34.1 Å². The van der Waals surface area contributed by atoms with Crippen LogP contribution < -0.4 is 10.1 Å². The number of rotatable bonds is 7. The van der Waals surface area contributed by atoms with Gasteiger partial charge < -0.3 is 19.9 Å². The maximum absolute atomic E-state index is 13.0. The molecule has 170 valence electrons. The SMILES string of the molecule is COc1ccc2cc(C(=O)N3CCC(CC(=O)N[C@@H](c4cccs4)C(C)C)CC3)[nH]c2c1. The van der Waals surface area contributed by atoms with Crippen molar-refractivity contribution in [3.05, 3.63) is 52.3 Å². The lowest BCUT2D eigenvalue weighted by Gasteiger charge is -2.32. The number of piperidine rings is 1. The number of hydrogen-bond donors (Lipinski definition) is 2. The predicted octanol–water partition coefficient (Wildman–Crippen LogP) is 4.99. The third-order valence-corrected chi connectivity index (χ3v) is 7.22. The van der Waals surface area contributed by atoms with Crippen molar-refractivity contribution in [2.24, 2.45) is 11.8 Å². The summed E-state index contributed by atoms with van der Waals surface area (Å²) >= 11 is 1.68. The third-order valence-electron chi connectivity index (χ3n) is 6.27. The number of fused-ring (bicyclic) bond motifs is 1. The van der Waals surface area contributed by atoms with Gasteiger partial charge in [0.05, 0.1) is 13.2 Å². The van der Waals surface area contributed by atoms with Gasteiger partial charge in [0.1, 0.15) is 11.4 Å². The van der Waals surface area contributed by atoms with Gasteiger partial charge in [-0.1, -0.05) is 19.9 Å². The topological polar surface area (TPSA) is 74.4 Å². The smallest absolute Gasteiger partial charge is 0.270 e. The second kappa shape index (κ2) is 9.77. The van der Waals surface area contributed by atoms with Crippen LogP contribution >= 0.6 is 11.3 Å². The number of amides is 2. The van der Waals surface area contributed by atoms with Crippen molar-refractivity contribution in [2.45, 2.75) is 39.2 Å². The van der Waals surface area contributed by atoms with Gasteiger partial charge in [-0.15, -0.1) is 11.3 Å². The monoisotopic (exact) mass is 453 g/mol. The Hall–Kier alpha value is -2.80. The molecule has 0 bridgehead atoms. The van der Waals surface area contributed by atoms with E-state index in [0.29, 0.717) is 37.0 Å². The lowest BCUT2D eigenvalue weighted by molar-refractivity contribution is -0.123. The van der Waals surface area contributed by atoms with E-state index >= 15 is 0 Å². The van der Waals surface area contributed by atoms with Gasteiger partial charge in [-0.25, -0.2) is 0 Å². The van der Waals surface area contributed by atoms with Crippen molar-refractivity contribution in [1.82, 2.24) is 15.2 Å². The molecule has 2 N–H and O–H groups in total. The fourth-order valence-electron chi connectivity index (χ4n) is 4.39. The summed E-state index contributed by atoms with van der Waals surface area (Å²) < 4.78 is 5.26. The van der Waals surface area contributed by atoms with E-state index in [2.05, 4.69) is 30.2 Å². The Bertz CT molecular complexity index is 1070. The van der Waals surface area contributed by atoms with E-state index in [1.807, 2.05) is 40.6 Å². The van der Waals surface area contributed by atoms with Crippen molar-refractivity contribution in [1.29, 1.82) is 0 Å². The molecule has 3 aromatic rings. The average molecular weight is 454 g/mol. The minimum absolute atomic E-state index is 0.0145. The number of aromatic nitrogens is 1. The van der Waals surface area contributed by atoms with E-state index < -0.39 is 0 Å². The van der Waals surface area contributed by atoms with Crippen LogP contribution in [0.15, 0.2) is 41.8 Å². The van der Waals surface area contributed by atoms with Gasteiger partial charge in [-0.2, -0.15) is 0 Å². The molecule has 32 heavy (non-hydrogen) atoms. The number of ether oxygens (including phenoxy) is 1. The van der Waals surface area contributed by atoms with Gasteiger partial charge in [-0.05, 0) is 54.3 Å². The lowest BCUT2D eigenvalue weighted by Crippen LogP contribution is -2.40. The molecule has 1 fully saturated rings. The summed E-state index contributed by atoms with van der Waals surface area (Å²) in [6, 6.07) is 11.8. The summed E-state index contributed by atoms with van der Waals surface area (Å²) in [6.45, 7) is 5.62. The minimum atomic E-state index is 0.0145. The zero-order valence-corrected chi connectivity index (χ0v) is 19.7. The number of nitrogens with one attached hydrogen (secondary N) is 2. The normalized spacial score (nSPS) is 15.8. The highest BCUT2D eigenvalue weighted by atomic mass is 32.1. The van der Waals surface area contributed by atoms with Gasteiger partial charge in [0, 0.05) is 41.4 Å². The number of nitrogens with zero attached hydrogens (tertiary/aromatic N) is 1. The summed E-state index contributed by atoms with van der Waals surface area (Å²) in [7, 11) is 1.63. The summed E-state index contributed by atoms with van der Waals surface area (Å²) in [5.41, 5.74) is 1.49. The van der Waals surface area contributed by atoms with E-state index in [1.54, 1.807) is 18.4 Å². The van der Waals surface area contributed by atoms with Crippen LogP contribution in [0.4, 0.5) is 0 Å². The molecule has 0 radical (unpaired) electrons. The molecule has 3 heterocycles. The standard InChI is InChI=1S/C25H31N3O3S/c1-16(2)24(22-5-4-12-32-22)27-23(29)13-17-8-10-28(11-9-17)25(30)21-14-18-6-7-19(31-3)15-20(18)26-21/h4-7,12,14-17,24,26H,8-11,13H2,1-3H3,(H,27,29)/t24-/m1/s1. The van der Waals surface area contributed by atoms with E-state index in [9.17, 15) is 9.59 Å². The summed E-state index contributed by atoms with van der Waals surface area (Å²) in [5.74, 6) is 1.53. The second-order valence-electron chi connectivity index (χ2n) is 8.88. The molecule has 1 saturated heterocycles. The quantitative estimate of drug-likeness (QED) is 0.529. The molecule has 0 spiro atoms. The molecule has 1 aliphatic heterocycles. The number of methoxy groups -OCH3 is 1. The van der Waals surface area contributed by atoms with Crippen molar-refractivity contribution in [3.63, 3.8) is 0 Å². The molecular formula is C25H31N3O3S. The van der Waals surface area contributed by atoms with Crippen LogP contribution in [0.25, 0.3) is 10.9 Å². The highest BCUT2D eigenvalue weighted by molar-refractivity contribution is 7.10. The zero-order chi connectivity index (χ0) is 22.7. The Balaban J connectivity index is 1.31. The minimum Gasteiger partial charge on any atom is -0.497 e. The molecule has 1 atom stereocenters. The van der Waals surface area contributed by atoms with E-state index in [0.717, 1.165) is 29.5 Å². The predicted molar refractivity (Wildman–Crippen MR) is 128 cm³/mol. The van der Waals surface area contributed by atoms with Crippen LogP contribution in [-0.2, 0) is 4.79 Å². The lowest BCUT2D eigenvalue weighted by atomic mass is 9.92. The Kier molecular flexibility index (Phi) is 6.84. The summed E-state index contributed by atoms with van der Waals surface area (Å²) in [5, 5.41) is 6.27. The molecule has 1 aromatic carbocycles. The summed E-state index contributed by atoms with van der Waals surface area (Å²) in [4.78, 5) is 32.0. The highest BCUT2D eigenvalue weighted by Crippen LogP contribution is 2.28. The number of carbonyl (C=O) groups excluding carboxylic acids is 2. The van der Waals surface area contributed by atoms with Gasteiger partial charge >= 0.3 is 0 Å². The molecule has 2 amide bonds.